The molecule has 1 aliphatic rings. The third-order valence-electron chi connectivity index (χ3n) is 3.64. The summed E-state index contributed by atoms with van der Waals surface area (Å²) in [6, 6.07) is 9.55. The fourth-order valence-electron chi connectivity index (χ4n) is 2.59. The number of rotatable bonds is 1. The van der Waals surface area contributed by atoms with Crippen LogP contribution in [0.2, 0.25) is 0 Å². The van der Waals surface area contributed by atoms with Gasteiger partial charge in [-0.15, -0.1) is 0 Å². The predicted octanol–water partition coefficient (Wildman–Crippen LogP) is 2.81. The Balaban J connectivity index is 1.88. The van der Waals surface area contributed by atoms with E-state index in [0.29, 0.717) is 13.1 Å². The van der Waals surface area contributed by atoms with E-state index in [1.807, 2.05) is 18.2 Å². The second kappa shape index (κ2) is 5.41. The highest BCUT2D eigenvalue weighted by Crippen LogP contribution is 2.20. The molecule has 0 aliphatic carbocycles. The fourth-order valence-corrected chi connectivity index (χ4v) is 2.59. The van der Waals surface area contributed by atoms with E-state index < -0.39 is 5.82 Å². The van der Waals surface area contributed by atoms with E-state index in [1.54, 1.807) is 4.90 Å². The topological polar surface area (TPSA) is 33.2 Å². The summed E-state index contributed by atoms with van der Waals surface area (Å²) < 4.78 is 13.7. The average molecular weight is 270 g/mol. The summed E-state index contributed by atoms with van der Waals surface area (Å²) in [5.41, 5.74) is 2.52. The fraction of sp³-hybridized carbons (Fsp3) is 0.250. The first-order valence-corrected chi connectivity index (χ1v) is 6.71. The molecule has 0 fully saturated rings. The predicted molar refractivity (Wildman–Crippen MR) is 73.7 cm³/mol. The molecule has 0 N–H and O–H groups in total. The molecule has 3 nitrogen and oxygen atoms in total. The number of carbonyl (C=O) groups is 1. The van der Waals surface area contributed by atoms with Crippen molar-refractivity contribution in [3.8, 4) is 0 Å². The normalized spacial score (nSPS) is 14.6. The van der Waals surface area contributed by atoms with E-state index in [2.05, 4.69) is 11.1 Å². The maximum atomic E-state index is 13.7. The minimum Gasteiger partial charge on any atom is -0.334 e. The number of nitrogens with zero attached hydrogens (tertiary/aromatic N) is 2. The van der Waals surface area contributed by atoms with E-state index in [4.69, 9.17) is 0 Å². The van der Waals surface area contributed by atoms with E-state index >= 15 is 0 Å². The molecular weight excluding hydrogens is 255 g/mol. The number of pyridine rings is 1. The number of hydrogen-bond acceptors (Lipinski definition) is 2. The van der Waals surface area contributed by atoms with Crippen molar-refractivity contribution in [3.05, 3.63) is 65.2 Å². The molecule has 2 aromatic rings. The van der Waals surface area contributed by atoms with Gasteiger partial charge in [-0.25, -0.2) is 4.39 Å². The number of aryl methyl sites for hydroxylation is 1. The SMILES string of the molecule is O=C(c1ccncc1F)N1CCCc2ccccc2C1. The maximum Gasteiger partial charge on any atom is 0.257 e. The molecule has 0 bridgehead atoms. The van der Waals surface area contributed by atoms with Gasteiger partial charge in [-0.3, -0.25) is 9.78 Å². The van der Waals surface area contributed by atoms with E-state index in [1.165, 1.54) is 17.8 Å². The van der Waals surface area contributed by atoms with Gasteiger partial charge >= 0.3 is 0 Å². The van der Waals surface area contributed by atoms with Crippen molar-refractivity contribution in [2.24, 2.45) is 0 Å². The van der Waals surface area contributed by atoms with Crippen LogP contribution in [0.1, 0.15) is 27.9 Å². The molecule has 0 saturated heterocycles. The molecule has 1 aromatic carbocycles. The minimum atomic E-state index is -0.560. The molecule has 1 amide bonds. The summed E-state index contributed by atoms with van der Waals surface area (Å²) in [7, 11) is 0. The first kappa shape index (κ1) is 12.8. The number of hydrogen-bond donors (Lipinski definition) is 0. The van der Waals surface area contributed by atoms with Crippen LogP contribution in [0.25, 0.3) is 0 Å². The van der Waals surface area contributed by atoms with Crippen molar-refractivity contribution in [3.63, 3.8) is 0 Å². The van der Waals surface area contributed by atoms with Gasteiger partial charge in [0.15, 0.2) is 5.82 Å². The molecule has 0 spiro atoms. The summed E-state index contributed by atoms with van der Waals surface area (Å²) in [5.74, 6) is -0.823. The highest BCUT2D eigenvalue weighted by molar-refractivity contribution is 5.94. The van der Waals surface area contributed by atoms with Gasteiger partial charge in [-0.2, -0.15) is 0 Å². The lowest BCUT2D eigenvalue weighted by Gasteiger charge is -2.21. The Morgan fingerprint density at radius 1 is 1.20 bits per heavy atom. The molecular formula is C16H15FN2O. The van der Waals surface area contributed by atoms with Gasteiger partial charge in [0.25, 0.3) is 5.91 Å². The molecule has 1 aromatic heterocycles. The Morgan fingerprint density at radius 2 is 2.00 bits per heavy atom. The van der Waals surface area contributed by atoms with Gasteiger partial charge in [-0.1, -0.05) is 24.3 Å². The van der Waals surface area contributed by atoms with Crippen LogP contribution in [0.4, 0.5) is 4.39 Å². The second-order valence-electron chi connectivity index (χ2n) is 4.95. The Bertz CT molecular complexity index is 642. The van der Waals surface area contributed by atoms with Crippen molar-refractivity contribution >= 4 is 5.91 Å². The van der Waals surface area contributed by atoms with Crippen LogP contribution < -0.4 is 0 Å². The summed E-state index contributed by atoms with van der Waals surface area (Å²) in [4.78, 5) is 17.8. The molecule has 4 heteroatoms. The third-order valence-corrected chi connectivity index (χ3v) is 3.64. The zero-order valence-electron chi connectivity index (χ0n) is 11.1. The van der Waals surface area contributed by atoms with Crippen LogP contribution >= 0.6 is 0 Å². The quantitative estimate of drug-likeness (QED) is 0.798. The first-order chi connectivity index (χ1) is 9.75. The summed E-state index contributed by atoms with van der Waals surface area (Å²) in [6.07, 6.45) is 4.38. The highest BCUT2D eigenvalue weighted by atomic mass is 19.1. The van der Waals surface area contributed by atoms with Crippen molar-refractivity contribution in [2.75, 3.05) is 6.54 Å². The van der Waals surface area contributed by atoms with Crippen molar-refractivity contribution in [2.45, 2.75) is 19.4 Å². The molecule has 2 heterocycles. The Morgan fingerprint density at radius 3 is 2.80 bits per heavy atom. The lowest BCUT2D eigenvalue weighted by molar-refractivity contribution is 0.0741. The molecule has 0 saturated carbocycles. The summed E-state index contributed by atoms with van der Waals surface area (Å²) in [6.45, 7) is 1.19. The van der Waals surface area contributed by atoms with Gasteiger partial charge in [0.05, 0.1) is 11.8 Å². The van der Waals surface area contributed by atoms with Crippen LogP contribution in [0.15, 0.2) is 42.7 Å². The molecule has 0 atom stereocenters. The molecule has 0 unspecified atom stereocenters. The summed E-state index contributed by atoms with van der Waals surface area (Å²) in [5, 5.41) is 0. The van der Waals surface area contributed by atoms with Crippen LogP contribution in [0, 0.1) is 5.82 Å². The van der Waals surface area contributed by atoms with Crippen molar-refractivity contribution < 1.29 is 9.18 Å². The van der Waals surface area contributed by atoms with E-state index in [0.717, 1.165) is 24.6 Å². The van der Waals surface area contributed by atoms with Crippen molar-refractivity contribution in [1.29, 1.82) is 0 Å². The Labute approximate surface area is 117 Å². The number of aromatic nitrogens is 1. The number of amides is 1. The Kier molecular flexibility index (Phi) is 3.46. The standard InChI is InChI=1S/C16H15FN2O/c17-15-10-18-8-7-14(15)16(20)19-9-3-6-12-4-1-2-5-13(12)11-19/h1-2,4-5,7-8,10H,3,6,9,11H2. The van der Waals surface area contributed by atoms with Crippen LogP contribution in [0.3, 0.4) is 0 Å². The van der Waals surface area contributed by atoms with Gasteiger partial charge < -0.3 is 4.90 Å². The van der Waals surface area contributed by atoms with Gasteiger partial charge in [0, 0.05) is 19.3 Å². The third kappa shape index (κ3) is 2.41. The van der Waals surface area contributed by atoms with Crippen LogP contribution in [-0.2, 0) is 13.0 Å². The Hall–Kier alpha value is -2.23. The molecule has 102 valence electrons. The number of halogens is 1. The smallest absolute Gasteiger partial charge is 0.257 e. The van der Waals surface area contributed by atoms with Gasteiger partial charge in [0.2, 0.25) is 0 Å². The molecule has 1 aliphatic heterocycles. The van der Waals surface area contributed by atoms with E-state index in [9.17, 15) is 9.18 Å². The number of benzene rings is 1. The number of carbonyl (C=O) groups excluding carboxylic acids is 1. The number of fused-ring (bicyclic) bond motifs is 1. The van der Waals surface area contributed by atoms with Crippen LogP contribution in [0.5, 0.6) is 0 Å². The first-order valence-electron chi connectivity index (χ1n) is 6.71. The van der Waals surface area contributed by atoms with Crippen molar-refractivity contribution in [1.82, 2.24) is 9.88 Å². The van der Waals surface area contributed by atoms with Crippen LogP contribution in [-0.4, -0.2) is 22.3 Å². The summed E-state index contributed by atoms with van der Waals surface area (Å²) >= 11 is 0. The lowest BCUT2D eigenvalue weighted by atomic mass is 10.0. The lowest BCUT2D eigenvalue weighted by Crippen LogP contribution is -2.31. The zero-order chi connectivity index (χ0) is 13.9. The maximum absolute atomic E-state index is 13.7. The average Bonchev–Trinajstić information content (AvgIpc) is 2.69. The highest BCUT2D eigenvalue weighted by Gasteiger charge is 2.22. The molecule has 20 heavy (non-hydrogen) atoms. The molecule has 0 radical (unpaired) electrons. The minimum absolute atomic E-state index is 0.0966. The zero-order valence-corrected chi connectivity index (χ0v) is 11.1. The van der Waals surface area contributed by atoms with Gasteiger partial charge in [0.1, 0.15) is 0 Å². The second-order valence-corrected chi connectivity index (χ2v) is 4.95. The van der Waals surface area contributed by atoms with Gasteiger partial charge in [-0.05, 0) is 30.0 Å². The largest absolute Gasteiger partial charge is 0.334 e. The molecule has 3 rings (SSSR count). The monoisotopic (exact) mass is 270 g/mol. The van der Waals surface area contributed by atoms with E-state index in [-0.39, 0.29) is 11.5 Å².